The third-order valence-electron chi connectivity index (χ3n) is 5.20. The van der Waals surface area contributed by atoms with Crippen molar-refractivity contribution in [1.29, 1.82) is 10.8 Å². The van der Waals surface area contributed by atoms with Crippen molar-refractivity contribution in [2.24, 2.45) is 0 Å². The van der Waals surface area contributed by atoms with E-state index in [1.54, 1.807) is 31.1 Å². The van der Waals surface area contributed by atoms with E-state index in [1.807, 2.05) is 12.1 Å². The first-order valence-electron chi connectivity index (χ1n) is 9.88. The van der Waals surface area contributed by atoms with Crippen molar-refractivity contribution in [1.82, 2.24) is 15.5 Å². The summed E-state index contributed by atoms with van der Waals surface area (Å²) >= 11 is 0. The van der Waals surface area contributed by atoms with Crippen LogP contribution in [0, 0.1) is 10.8 Å². The Bertz CT molecular complexity index is 903. The summed E-state index contributed by atoms with van der Waals surface area (Å²) < 4.78 is 5.24. The van der Waals surface area contributed by atoms with Gasteiger partial charge in [-0.2, -0.15) is 0 Å². The highest BCUT2D eigenvalue weighted by molar-refractivity contribution is 6.11. The number of anilines is 2. The fraction of sp³-hybridized carbons (Fsp3) is 0.381. The Morgan fingerprint density at radius 2 is 2.13 bits per heavy atom. The number of nitrogens with one attached hydrogen (secondary N) is 5. The minimum Gasteiger partial charge on any atom is -0.398 e. The lowest BCUT2D eigenvalue weighted by molar-refractivity contribution is -0.128. The van der Waals surface area contributed by atoms with Gasteiger partial charge in [0.15, 0.2) is 0 Å². The summed E-state index contributed by atoms with van der Waals surface area (Å²) in [4.78, 5) is 13.6. The van der Waals surface area contributed by atoms with E-state index in [4.69, 9.17) is 21.3 Å². The molecule has 1 aromatic rings. The summed E-state index contributed by atoms with van der Waals surface area (Å²) in [5, 5.41) is 25.7. The minimum atomic E-state index is -0.00424. The van der Waals surface area contributed by atoms with Gasteiger partial charge in [-0.25, -0.2) is 0 Å². The van der Waals surface area contributed by atoms with E-state index in [-0.39, 0.29) is 17.8 Å². The maximum Gasteiger partial charge on any atom is 0.219 e. The van der Waals surface area contributed by atoms with E-state index in [0.717, 1.165) is 16.8 Å². The topological polar surface area (TPSA) is 139 Å². The van der Waals surface area contributed by atoms with Crippen LogP contribution in [0.5, 0.6) is 0 Å². The number of nitrogen functional groups attached to an aromatic ring is 1. The fourth-order valence-electron chi connectivity index (χ4n) is 3.46. The molecule has 2 aliphatic heterocycles. The number of hydrogen-bond donors (Lipinski definition) is 6. The first kappa shape index (κ1) is 21.4. The van der Waals surface area contributed by atoms with Gasteiger partial charge in [0.1, 0.15) is 5.84 Å². The van der Waals surface area contributed by atoms with E-state index in [9.17, 15) is 4.79 Å². The van der Waals surface area contributed by atoms with Crippen LogP contribution in [0.15, 0.2) is 35.7 Å². The van der Waals surface area contributed by atoms with Crippen LogP contribution >= 0.6 is 0 Å². The molecule has 7 N–H and O–H groups in total. The standard InChI is InChI=1S/C21H29N7O2/c1-13(29)28-6-5-20(26-16-11-30-12-16)18(10-28)21(24)27-15-3-4-17(19(23)7-15)14(8-22)9-25-2/h3-4,7-9,16,22,25-26H,5-6,10-12,23H2,1-2H3,(H2,24,27)/b14-9+,22-8?. The number of nitrogens with two attached hydrogens (primary N) is 1. The average Bonchev–Trinajstić information content (AvgIpc) is 2.69. The zero-order valence-corrected chi connectivity index (χ0v) is 17.3. The fourth-order valence-corrected chi connectivity index (χ4v) is 3.46. The number of hydrogen-bond acceptors (Lipinski definition) is 7. The molecule has 2 heterocycles. The van der Waals surface area contributed by atoms with E-state index in [1.165, 1.54) is 6.21 Å². The molecule has 1 amide bonds. The molecule has 1 aromatic carbocycles. The molecule has 0 aliphatic carbocycles. The number of amides is 1. The summed E-state index contributed by atoms with van der Waals surface area (Å²) in [5.41, 5.74) is 10.5. The van der Waals surface area contributed by atoms with Gasteiger partial charge in [0.25, 0.3) is 0 Å². The van der Waals surface area contributed by atoms with Crippen LogP contribution in [0.2, 0.25) is 0 Å². The van der Waals surface area contributed by atoms with Crippen molar-refractivity contribution in [3.63, 3.8) is 0 Å². The molecule has 9 heteroatoms. The normalized spacial score (nSPS) is 17.3. The van der Waals surface area contributed by atoms with Crippen molar-refractivity contribution < 1.29 is 9.53 Å². The predicted octanol–water partition coefficient (Wildman–Crippen LogP) is 1.36. The van der Waals surface area contributed by atoms with Gasteiger partial charge in [-0.15, -0.1) is 0 Å². The van der Waals surface area contributed by atoms with Crippen LogP contribution in [-0.2, 0) is 9.53 Å². The van der Waals surface area contributed by atoms with Gasteiger partial charge in [-0.3, -0.25) is 10.2 Å². The van der Waals surface area contributed by atoms with Crippen LogP contribution in [0.25, 0.3) is 5.57 Å². The largest absolute Gasteiger partial charge is 0.398 e. The molecule has 160 valence electrons. The second-order valence-electron chi connectivity index (χ2n) is 7.36. The number of rotatable bonds is 7. The number of carbonyl (C=O) groups excluding carboxylic acids is 1. The maximum absolute atomic E-state index is 11.9. The van der Waals surface area contributed by atoms with Gasteiger partial charge in [-0.1, -0.05) is 6.07 Å². The number of nitrogens with zero attached hydrogens (tertiary/aromatic N) is 1. The lowest BCUT2D eigenvalue weighted by atomic mass is 10.0. The Balaban J connectivity index is 1.80. The number of carbonyl (C=O) groups is 1. The van der Waals surface area contributed by atoms with Crippen LogP contribution < -0.4 is 21.7 Å². The second-order valence-corrected chi connectivity index (χ2v) is 7.36. The summed E-state index contributed by atoms with van der Waals surface area (Å²) in [6.45, 7) is 3.87. The molecular formula is C21H29N7O2. The van der Waals surface area contributed by atoms with Crippen LogP contribution in [0.4, 0.5) is 11.4 Å². The number of amidine groups is 1. The molecule has 0 unspecified atom stereocenters. The molecule has 0 radical (unpaired) electrons. The lowest BCUT2D eigenvalue weighted by Crippen LogP contribution is -2.49. The monoisotopic (exact) mass is 411 g/mol. The van der Waals surface area contributed by atoms with Crippen molar-refractivity contribution in [2.45, 2.75) is 19.4 Å². The predicted molar refractivity (Wildman–Crippen MR) is 120 cm³/mol. The van der Waals surface area contributed by atoms with E-state index >= 15 is 0 Å². The van der Waals surface area contributed by atoms with Gasteiger partial charge >= 0.3 is 0 Å². The quantitative estimate of drug-likeness (QED) is 0.227. The van der Waals surface area contributed by atoms with Gasteiger partial charge in [0.05, 0.1) is 25.8 Å². The van der Waals surface area contributed by atoms with Gasteiger partial charge in [-0.05, 0) is 12.1 Å². The first-order chi connectivity index (χ1) is 14.4. The molecule has 1 fully saturated rings. The molecule has 1 saturated heterocycles. The average molecular weight is 412 g/mol. The van der Waals surface area contributed by atoms with Crippen LogP contribution in [0.1, 0.15) is 18.9 Å². The number of ether oxygens (including phenoxy) is 1. The molecule has 0 bridgehead atoms. The van der Waals surface area contributed by atoms with Gasteiger partial charge in [0.2, 0.25) is 5.91 Å². The van der Waals surface area contributed by atoms with Crippen LogP contribution in [-0.4, -0.2) is 62.3 Å². The molecule has 3 rings (SSSR count). The SMILES string of the molecule is CN/C=C(\C=N)c1ccc(NC(=N)C2=C(NC3COC3)CCN(C(C)=O)C2)cc1N. The zero-order valence-electron chi connectivity index (χ0n) is 17.3. The van der Waals surface area contributed by atoms with E-state index in [0.29, 0.717) is 49.7 Å². The van der Waals surface area contributed by atoms with Gasteiger partial charge < -0.3 is 36.7 Å². The second kappa shape index (κ2) is 9.45. The van der Waals surface area contributed by atoms with Crippen molar-refractivity contribution in [3.05, 3.63) is 41.2 Å². The molecule has 0 spiro atoms. The summed E-state index contributed by atoms with van der Waals surface area (Å²) in [5.74, 6) is 0.226. The third-order valence-corrected chi connectivity index (χ3v) is 5.20. The van der Waals surface area contributed by atoms with Crippen molar-refractivity contribution >= 4 is 34.9 Å². The van der Waals surface area contributed by atoms with E-state index in [2.05, 4.69) is 16.0 Å². The smallest absolute Gasteiger partial charge is 0.219 e. The number of allylic oxidation sites excluding steroid dienone is 1. The summed E-state index contributed by atoms with van der Waals surface area (Å²) in [6.07, 6.45) is 3.62. The van der Waals surface area contributed by atoms with Crippen molar-refractivity contribution in [3.8, 4) is 0 Å². The Morgan fingerprint density at radius 1 is 1.37 bits per heavy atom. The van der Waals surface area contributed by atoms with E-state index < -0.39 is 0 Å². The summed E-state index contributed by atoms with van der Waals surface area (Å²) in [7, 11) is 1.76. The van der Waals surface area contributed by atoms with Gasteiger partial charge in [0, 0.05) is 73.1 Å². The summed E-state index contributed by atoms with van der Waals surface area (Å²) in [6, 6.07) is 5.64. The molecule has 0 aromatic heterocycles. The number of benzene rings is 1. The highest BCUT2D eigenvalue weighted by Gasteiger charge is 2.27. The van der Waals surface area contributed by atoms with Crippen molar-refractivity contribution in [2.75, 3.05) is 44.4 Å². The molecule has 9 nitrogen and oxygen atoms in total. The van der Waals surface area contributed by atoms with Crippen LogP contribution in [0.3, 0.4) is 0 Å². The highest BCUT2D eigenvalue weighted by atomic mass is 16.5. The molecule has 0 atom stereocenters. The molecule has 0 saturated carbocycles. The molecular weight excluding hydrogens is 382 g/mol. The Morgan fingerprint density at radius 3 is 2.70 bits per heavy atom. The molecule has 2 aliphatic rings. The Labute approximate surface area is 176 Å². The zero-order chi connectivity index (χ0) is 21.7. The lowest BCUT2D eigenvalue weighted by Gasteiger charge is -2.35. The Hall–Kier alpha value is -3.33. The highest BCUT2D eigenvalue weighted by Crippen LogP contribution is 2.25. The molecule has 30 heavy (non-hydrogen) atoms. The minimum absolute atomic E-state index is 0.00424. The third kappa shape index (κ3) is 4.80. The Kier molecular flexibility index (Phi) is 6.73. The first-order valence-corrected chi connectivity index (χ1v) is 9.88. The maximum atomic E-state index is 11.9.